The first-order valence-corrected chi connectivity index (χ1v) is 10.1. The second-order valence-corrected chi connectivity index (χ2v) is 7.78. The van der Waals surface area contributed by atoms with Crippen molar-refractivity contribution in [1.82, 2.24) is 9.99 Å². The third-order valence-corrected chi connectivity index (χ3v) is 5.43. The van der Waals surface area contributed by atoms with E-state index in [-0.39, 0.29) is 5.91 Å². The predicted molar refractivity (Wildman–Crippen MR) is 122 cm³/mol. The summed E-state index contributed by atoms with van der Waals surface area (Å²) in [5.74, 6) is -0.223. The average Bonchev–Trinajstić information content (AvgIpc) is 3.00. The van der Waals surface area contributed by atoms with Crippen molar-refractivity contribution >= 4 is 38.8 Å². The largest absolute Gasteiger partial charge is 0.318 e. The van der Waals surface area contributed by atoms with Crippen LogP contribution in [0.25, 0.3) is 16.5 Å². The number of halogens is 1. The molecular formula is C24H20BrN3O. The molecular weight excluding hydrogens is 426 g/mol. The van der Waals surface area contributed by atoms with E-state index < -0.39 is 0 Å². The van der Waals surface area contributed by atoms with Crippen LogP contribution < -0.4 is 5.43 Å². The molecule has 1 heterocycles. The van der Waals surface area contributed by atoms with Gasteiger partial charge < -0.3 is 4.57 Å². The molecule has 0 atom stereocenters. The molecule has 0 aliphatic rings. The van der Waals surface area contributed by atoms with E-state index in [2.05, 4.69) is 56.1 Å². The Kier molecular flexibility index (Phi) is 5.32. The molecule has 29 heavy (non-hydrogen) atoms. The molecule has 1 aromatic heterocycles. The molecule has 0 unspecified atom stereocenters. The zero-order valence-corrected chi connectivity index (χ0v) is 17.8. The number of aromatic nitrogens is 1. The van der Waals surface area contributed by atoms with Gasteiger partial charge in [0.1, 0.15) is 0 Å². The molecule has 5 heteroatoms. The van der Waals surface area contributed by atoms with Gasteiger partial charge in [0, 0.05) is 32.7 Å². The maximum absolute atomic E-state index is 12.6. The van der Waals surface area contributed by atoms with Gasteiger partial charge in [-0.3, -0.25) is 4.79 Å². The molecule has 4 aromatic rings. The van der Waals surface area contributed by atoms with E-state index in [0.29, 0.717) is 5.56 Å². The van der Waals surface area contributed by atoms with E-state index in [1.165, 1.54) is 0 Å². The molecule has 1 N–H and O–H groups in total. The standard InChI is InChI=1S/C24H20BrN3O/c1-16-13-19(17(2)28(16)21-10-6-9-20(25)14-21)15-26-27-24(29)23-12-5-8-18-7-3-4-11-22(18)23/h3-15H,1-2H3,(H,27,29)/b26-15-. The van der Waals surface area contributed by atoms with Crippen molar-refractivity contribution in [2.24, 2.45) is 5.10 Å². The first kappa shape index (κ1) is 19.2. The zero-order valence-electron chi connectivity index (χ0n) is 16.2. The summed E-state index contributed by atoms with van der Waals surface area (Å²) in [5, 5.41) is 6.15. The van der Waals surface area contributed by atoms with Crippen molar-refractivity contribution in [3.63, 3.8) is 0 Å². The smallest absolute Gasteiger partial charge is 0.271 e. The zero-order chi connectivity index (χ0) is 20.4. The van der Waals surface area contributed by atoms with E-state index in [1.807, 2.05) is 61.5 Å². The highest BCUT2D eigenvalue weighted by Crippen LogP contribution is 2.22. The Morgan fingerprint density at radius 3 is 2.59 bits per heavy atom. The first-order chi connectivity index (χ1) is 14.0. The number of benzene rings is 3. The fourth-order valence-electron chi connectivity index (χ4n) is 3.57. The normalized spacial score (nSPS) is 11.3. The maximum atomic E-state index is 12.6. The second kappa shape index (κ2) is 8.05. The van der Waals surface area contributed by atoms with Crippen LogP contribution in [-0.2, 0) is 0 Å². The third kappa shape index (κ3) is 3.87. The van der Waals surface area contributed by atoms with Crippen molar-refractivity contribution in [3.8, 4) is 5.69 Å². The maximum Gasteiger partial charge on any atom is 0.271 e. The third-order valence-electron chi connectivity index (χ3n) is 4.94. The van der Waals surface area contributed by atoms with Crippen LogP contribution in [0.15, 0.2) is 82.4 Å². The molecule has 1 amide bonds. The van der Waals surface area contributed by atoms with E-state index >= 15 is 0 Å². The molecule has 4 rings (SSSR count). The van der Waals surface area contributed by atoms with Crippen molar-refractivity contribution < 1.29 is 4.79 Å². The summed E-state index contributed by atoms with van der Waals surface area (Å²) in [6, 6.07) is 23.7. The topological polar surface area (TPSA) is 46.4 Å². The molecule has 0 spiro atoms. The summed E-state index contributed by atoms with van der Waals surface area (Å²) in [5.41, 5.74) is 7.46. The Labute approximate surface area is 178 Å². The lowest BCUT2D eigenvalue weighted by molar-refractivity contribution is 0.0957. The minimum atomic E-state index is -0.223. The minimum absolute atomic E-state index is 0.223. The van der Waals surface area contributed by atoms with Gasteiger partial charge in [-0.2, -0.15) is 5.10 Å². The summed E-state index contributed by atoms with van der Waals surface area (Å²) in [6.07, 6.45) is 1.69. The van der Waals surface area contributed by atoms with Crippen molar-refractivity contribution in [1.29, 1.82) is 0 Å². The summed E-state index contributed by atoms with van der Waals surface area (Å²) in [6.45, 7) is 4.10. The van der Waals surface area contributed by atoms with Crippen molar-refractivity contribution in [2.45, 2.75) is 13.8 Å². The number of carbonyl (C=O) groups excluding carboxylic acids is 1. The van der Waals surface area contributed by atoms with Gasteiger partial charge in [0.2, 0.25) is 0 Å². The number of rotatable bonds is 4. The second-order valence-electron chi connectivity index (χ2n) is 6.87. The fourth-order valence-corrected chi connectivity index (χ4v) is 3.96. The van der Waals surface area contributed by atoms with E-state index in [1.54, 1.807) is 6.21 Å². The summed E-state index contributed by atoms with van der Waals surface area (Å²) in [7, 11) is 0. The number of amides is 1. The number of aryl methyl sites for hydroxylation is 1. The lowest BCUT2D eigenvalue weighted by Crippen LogP contribution is -2.18. The number of carbonyl (C=O) groups is 1. The summed E-state index contributed by atoms with van der Waals surface area (Å²) >= 11 is 3.53. The van der Waals surface area contributed by atoms with Crippen molar-refractivity contribution in [2.75, 3.05) is 0 Å². The van der Waals surface area contributed by atoms with Gasteiger partial charge in [-0.1, -0.05) is 58.4 Å². The van der Waals surface area contributed by atoms with Crippen LogP contribution in [0.5, 0.6) is 0 Å². The van der Waals surface area contributed by atoms with Gasteiger partial charge >= 0.3 is 0 Å². The predicted octanol–water partition coefficient (Wildman–Crippen LogP) is 5.77. The molecule has 0 bridgehead atoms. The minimum Gasteiger partial charge on any atom is -0.318 e. The molecule has 0 saturated carbocycles. The molecule has 144 valence electrons. The van der Waals surface area contributed by atoms with Crippen LogP contribution in [0, 0.1) is 13.8 Å². The van der Waals surface area contributed by atoms with Gasteiger partial charge in [-0.25, -0.2) is 5.43 Å². The van der Waals surface area contributed by atoms with Crippen LogP contribution in [0.1, 0.15) is 27.3 Å². The molecule has 0 aliphatic heterocycles. The Balaban J connectivity index is 1.57. The van der Waals surface area contributed by atoms with Crippen LogP contribution in [0.2, 0.25) is 0 Å². The molecule has 0 radical (unpaired) electrons. The average molecular weight is 446 g/mol. The van der Waals surface area contributed by atoms with Crippen LogP contribution in [0.3, 0.4) is 0 Å². The van der Waals surface area contributed by atoms with Crippen molar-refractivity contribution in [3.05, 3.63) is 99.8 Å². The molecule has 0 saturated heterocycles. The summed E-state index contributed by atoms with van der Waals surface area (Å²) < 4.78 is 3.19. The lowest BCUT2D eigenvalue weighted by Gasteiger charge is -2.09. The van der Waals surface area contributed by atoms with Gasteiger partial charge in [-0.05, 0) is 55.0 Å². The number of hydrogen-bond acceptors (Lipinski definition) is 2. The SMILES string of the molecule is Cc1cc(/C=N\NC(=O)c2cccc3ccccc23)c(C)n1-c1cccc(Br)c1. The fraction of sp³-hybridized carbons (Fsp3) is 0.0833. The molecule has 0 aliphatic carbocycles. The lowest BCUT2D eigenvalue weighted by atomic mass is 10.0. The Morgan fingerprint density at radius 1 is 1.00 bits per heavy atom. The number of fused-ring (bicyclic) bond motifs is 1. The first-order valence-electron chi connectivity index (χ1n) is 9.30. The molecule has 0 fully saturated rings. The number of hydrogen-bond donors (Lipinski definition) is 1. The highest BCUT2D eigenvalue weighted by atomic mass is 79.9. The Hall–Kier alpha value is -3.18. The van der Waals surface area contributed by atoms with Gasteiger partial charge in [0.05, 0.1) is 6.21 Å². The number of nitrogens with zero attached hydrogens (tertiary/aromatic N) is 2. The molecule has 3 aromatic carbocycles. The van der Waals surface area contributed by atoms with Crippen LogP contribution in [-0.4, -0.2) is 16.7 Å². The highest BCUT2D eigenvalue weighted by Gasteiger charge is 2.11. The molecule has 4 nitrogen and oxygen atoms in total. The Morgan fingerprint density at radius 2 is 1.76 bits per heavy atom. The van der Waals surface area contributed by atoms with E-state index in [0.717, 1.165) is 37.9 Å². The quantitative estimate of drug-likeness (QED) is 0.314. The Bertz CT molecular complexity index is 1230. The number of nitrogens with one attached hydrogen (secondary N) is 1. The van der Waals surface area contributed by atoms with Crippen LogP contribution >= 0.6 is 15.9 Å². The van der Waals surface area contributed by atoms with Gasteiger partial charge in [0.15, 0.2) is 0 Å². The van der Waals surface area contributed by atoms with E-state index in [4.69, 9.17) is 0 Å². The summed E-state index contributed by atoms with van der Waals surface area (Å²) in [4.78, 5) is 12.6. The van der Waals surface area contributed by atoms with Gasteiger partial charge in [-0.15, -0.1) is 0 Å². The van der Waals surface area contributed by atoms with E-state index in [9.17, 15) is 4.79 Å². The number of hydrazone groups is 1. The van der Waals surface area contributed by atoms with Gasteiger partial charge in [0.25, 0.3) is 5.91 Å². The monoisotopic (exact) mass is 445 g/mol. The highest BCUT2D eigenvalue weighted by molar-refractivity contribution is 9.10. The van der Waals surface area contributed by atoms with Crippen LogP contribution in [0.4, 0.5) is 0 Å².